The second-order valence-electron chi connectivity index (χ2n) is 3.23. The standard InChI is InChI=1S/C11H12N2O/c1-2-7-12-10-8-5-3-4-6-9(8)13-11(10)14/h3-6H,2,7H2,1H3,(H,12,13,14). The summed E-state index contributed by atoms with van der Waals surface area (Å²) >= 11 is 0. The molecule has 3 heteroatoms. The third kappa shape index (κ3) is 1.41. The smallest absolute Gasteiger partial charge is 0.274 e. The summed E-state index contributed by atoms with van der Waals surface area (Å²) in [6.45, 7) is 2.75. The maximum atomic E-state index is 11.5. The second-order valence-corrected chi connectivity index (χ2v) is 3.23. The minimum absolute atomic E-state index is 0.0837. The van der Waals surface area contributed by atoms with E-state index in [1.165, 1.54) is 0 Å². The number of anilines is 1. The van der Waals surface area contributed by atoms with Crippen LogP contribution < -0.4 is 5.32 Å². The van der Waals surface area contributed by atoms with Crippen LogP contribution in [0.5, 0.6) is 0 Å². The lowest BCUT2D eigenvalue weighted by molar-refractivity contribution is -0.110. The molecule has 0 bridgehead atoms. The molecule has 1 aliphatic heterocycles. The van der Waals surface area contributed by atoms with Crippen molar-refractivity contribution in [1.29, 1.82) is 0 Å². The number of fused-ring (bicyclic) bond motifs is 1. The van der Waals surface area contributed by atoms with Gasteiger partial charge in [0.2, 0.25) is 0 Å². The lowest BCUT2D eigenvalue weighted by Gasteiger charge is -1.95. The molecule has 0 aromatic heterocycles. The first kappa shape index (κ1) is 8.94. The van der Waals surface area contributed by atoms with E-state index < -0.39 is 0 Å². The summed E-state index contributed by atoms with van der Waals surface area (Å²) < 4.78 is 0. The van der Waals surface area contributed by atoms with Crippen molar-refractivity contribution in [3.8, 4) is 0 Å². The topological polar surface area (TPSA) is 41.5 Å². The van der Waals surface area contributed by atoms with Gasteiger partial charge in [-0.05, 0) is 12.5 Å². The summed E-state index contributed by atoms with van der Waals surface area (Å²) in [5.74, 6) is -0.0837. The van der Waals surface area contributed by atoms with Gasteiger partial charge in [0, 0.05) is 12.1 Å². The largest absolute Gasteiger partial charge is 0.320 e. The van der Waals surface area contributed by atoms with Gasteiger partial charge in [-0.25, -0.2) is 0 Å². The predicted octanol–water partition coefficient (Wildman–Crippen LogP) is 1.84. The van der Waals surface area contributed by atoms with Crippen molar-refractivity contribution < 1.29 is 4.79 Å². The second kappa shape index (κ2) is 3.62. The molecule has 1 amide bonds. The van der Waals surface area contributed by atoms with E-state index in [2.05, 4.69) is 10.3 Å². The van der Waals surface area contributed by atoms with Gasteiger partial charge in [0.1, 0.15) is 5.71 Å². The number of amides is 1. The fourth-order valence-electron chi connectivity index (χ4n) is 1.48. The number of nitrogens with one attached hydrogen (secondary N) is 1. The highest BCUT2D eigenvalue weighted by atomic mass is 16.2. The number of benzene rings is 1. The van der Waals surface area contributed by atoms with Crippen molar-refractivity contribution in [2.45, 2.75) is 13.3 Å². The molecule has 0 aliphatic carbocycles. The maximum Gasteiger partial charge on any atom is 0.274 e. The highest BCUT2D eigenvalue weighted by Gasteiger charge is 2.24. The van der Waals surface area contributed by atoms with Crippen LogP contribution in [0.15, 0.2) is 29.3 Å². The molecule has 1 N–H and O–H groups in total. The van der Waals surface area contributed by atoms with Crippen LogP contribution >= 0.6 is 0 Å². The third-order valence-electron chi connectivity index (χ3n) is 2.14. The minimum Gasteiger partial charge on any atom is -0.320 e. The first-order chi connectivity index (χ1) is 6.83. The van der Waals surface area contributed by atoms with E-state index in [1.807, 2.05) is 31.2 Å². The monoisotopic (exact) mass is 188 g/mol. The van der Waals surface area contributed by atoms with E-state index in [0.29, 0.717) is 12.3 Å². The zero-order chi connectivity index (χ0) is 9.97. The molecule has 1 aromatic carbocycles. The Hall–Kier alpha value is -1.64. The molecule has 14 heavy (non-hydrogen) atoms. The molecule has 0 spiro atoms. The van der Waals surface area contributed by atoms with Gasteiger partial charge in [0.25, 0.3) is 5.91 Å². The highest BCUT2D eigenvalue weighted by molar-refractivity contribution is 6.53. The van der Waals surface area contributed by atoms with Crippen molar-refractivity contribution >= 4 is 17.3 Å². The van der Waals surface area contributed by atoms with Crippen molar-refractivity contribution in [2.75, 3.05) is 11.9 Å². The Morgan fingerprint density at radius 1 is 1.36 bits per heavy atom. The van der Waals surface area contributed by atoms with Crippen LogP contribution in [0.25, 0.3) is 0 Å². The van der Waals surface area contributed by atoms with Gasteiger partial charge in [-0.2, -0.15) is 0 Å². The normalized spacial score (nSPS) is 16.9. The summed E-state index contributed by atoms with van der Waals surface area (Å²) in [5.41, 5.74) is 2.36. The van der Waals surface area contributed by atoms with Crippen LogP contribution in [0.4, 0.5) is 5.69 Å². The van der Waals surface area contributed by atoms with E-state index >= 15 is 0 Å². The Bertz CT molecular complexity index is 396. The zero-order valence-corrected chi connectivity index (χ0v) is 8.08. The summed E-state index contributed by atoms with van der Waals surface area (Å²) in [6.07, 6.45) is 0.957. The van der Waals surface area contributed by atoms with Crippen LogP contribution in [0.1, 0.15) is 18.9 Å². The summed E-state index contributed by atoms with van der Waals surface area (Å²) in [6, 6.07) is 7.63. The van der Waals surface area contributed by atoms with Crippen LogP contribution in [0.2, 0.25) is 0 Å². The van der Waals surface area contributed by atoms with Crippen molar-refractivity contribution in [2.24, 2.45) is 4.99 Å². The number of nitrogens with zero attached hydrogens (tertiary/aromatic N) is 1. The van der Waals surface area contributed by atoms with E-state index in [9.17, 15) is 4.79 Å². The molecular formula is C11H12N2O. The number of hydrogen-bond acceptors (Lipinski definition) is 2. The van der Waals surface area contributed by atoms with Gasteiger partial charge < -0.3 is 5.32 Å². The number of carbonyl (C=O) groups is 1. The van der Waals surface area contributed by atoms with E-state index in [-0.39, 0.29) is 5.91 Å². The van der Waals surface area contributed by atoms with Gasteiger partial charge >= 0.3 is 0 Å². The Balaban J connectivity index is 2.39. The van der Waals surface area contributed by atoms with Gasteiger partial charge in [-0.15, -0.1) is 0 Å². The first-order valence-corrected chi connectivity index (χ1v) is 4.78. The Morgan fingerprint density at radius 3 is 2.93 bits per heavy atom. The SMILES string of the molecule is CCCN=C1C(=O)Nc2ccccc21. The Kier molecular flexibility index (Phi) is 2.31. The molecule has 1 heterocycles. The van der Waals surface area contributed by atoms with Gasteiger partial charge in [0.15, 0.2) is 0 Å². The summed E-state index contributed by atoms with van der Waals surface area (Å²) in [5, 5.41) is 2.79. The average Bonchev–Trinajstić information content (AvgIpc) is 2.51. The molecule has 1 aliphatic rings. The lowest BCUT2D eigenvalue weighted by Crippen LogP contribution is -2.14. The fraction of sp³-hybridized carbons (Fsp3) is 0.273. The van der Waals surface area contributed by atoms with Gasteiger partial charge in [-0.1, -0.05) is 25.1 Å². The Morgan fingerprint density at radius 2 is 2.14 bits per heavy atom. The number of rotatable bonds is 2. The quantitative estimate of drug-likeness (QED) is 0.755. The molecule has 0 fully saturated rings. The molecule has 0 saturated heterocycles. The highest BCUT2D eigenvalue weighted by Crippen LogP contribution is 2.22. The van der Waals surface area contributed by atoms with Crippen LogP contribution in [0, 0.1) is 0 Å². The maximum absolute atomic E-state index is 11.5. The summed E-state index contributed by atoms with van der Waals surface area (Å²) in [7, 11) is 0. The fourth-order valence-corrected chi connectivity index (χ4v) is 1.48. The molecule has 2 rings (SSSR count). The molecule has 0 unspecified atom stereocenters. The molecule has 0 atom stereocenters. The van der Waals surface area contributed by atoms with Crippen LogP contribution in [0.3, 0.4) is 0 Å². The van der Waals surface area contributed by atoms with Crippen LogP contribution in [-0.2, 0) is 4.79 Å². The van der Waals surface area contributed by atoms with E-state index in [4.69, 9.17) is 0 Å². The number of carbonyl (C=O) groups excluding carboxylic acids is 1. The first-order valence-electron chi connectivity index (χ1n) is 4.78. The van der Waals surface area contributed by atoms with Crippen molar-refractivity contribution in [3.05, 3.63) is 29.8 Å². The van der Waals surface area contributed by atoms with Crippen LogP contribution in [-0.4, -0.2) is 18.2 Å². The molecule has 72 valence electrons. The van der Waals surface area contributed by atoms with Gasteiger partial charge in [-0.3, -0.25) is 9.79 Å². The number of hydrogen-bond donors (Lipinski definition) is 1. The van der Waals surface area contributed by atoms with Crippen molar-refractivity contribution in [3.63, 3.8) is 0 Å². The van der Waals surface area contributed by atoms with E-state index in [0.717, 1.165) is 17.7 Å². The molecular weight excluding hydrogens is 176 g/mol. The molecule has 1 aromatic rings. The molecule has 0 saturated carbocycles. The van der Waals surface area contributed by atoms with E-state index in [1.54, 1.807) is 0 Å². The number of aliphatic imine (C=N–C) groups is 1. The minimum atomic E-state index is -0.0837. The lowest BCUT2D eigenvalue weighted by atomic mass is 10.1. The van der Waals surface area contributed by atoms with Crippen molar-refractivity contribution in [1.82, 2.24) is 0 Å². The summed E-state index contributed by atoms with van der Waals surface area (Å²) in [4.78, 5) is 15.8. The third-order valence-corrected chi connectivity index (χ3v) is 2.14. The molecule has 0 radical (unpaired) electrons. The average molecular weight is 188 g/mol. The zero-order valence-electron chi connectivity index (χ0n) is 8.08. The Labute approximate surface area is 82.9 Å². The van der Waals surface area contributed by atoms with Gasteiger partial charge in [0.05, 0.1) is 5.69 Å². The predicted molar refractivity (Wildman–Crippen MR) is 56.8 cm³/mol. The number of para-hydroxylation sites is 1. The molecule has 3 nitrogen and oxygen atoms in total.